The first-order valence-electron chi connectivity index (χ1n) is 6.00. The van der Waals surface area contributed by atoms with E-state index in [-0.39, 0.29) is 11.8 Å². The van der Waals surface area contributed by atoms with Crippen LogP contribution in [0.5, 0.6) is 5.75 Å². The average Bonchev–Trinajstić information content (AvgIpc) is 2.30. The van der Waals surface area contributed by atoms with Crippen LogP contribution in [0.4, 0.5) is 13.2 Å². The molecule has 102 valence electrons. The number of nitrogens with one attached hydrogen (secondary N) is 1. The number of benzene rings is 1. The Morgan fingerprint density at radius 1 is 1.28 bits per heavy atom. The molecule has 5 heteroatoms. The van der Waals surface area contributed by atoms with E-state index in [4.69, 9.17) is 0 Å². The third-order valence-corrected chi connectivity index (χ3v) is 2.71. The summed E-state index contributed by atoms with van der Waals surface area (Å²) < 4.78 is 40.9. The molecule has 0 saturated heterocycles. The Kier molecular flexibility index (Phi) is 5.47. The molecule has 1 unspecified atom stereocenters. The molecule has 1 aromatic rings. The number of hydrogen-bond donors (Lipinski definition) is 1. The first-order valence-corrected chi connectivity index (χ1v) is 6.00. The smallest absolute Gasteiger partial charge is 0.405 e. The maximum Gasteiger partial charge on any atom is 0.573 e. The Morgan fingerprint density at radius 2 is 1.94 bits per heavy atom. The average molecular weight is 261 g/mol. The molecule has 0 saturated carbocycles. The van der Waals surface area contributed by atoms with Crippen LogP contribution < -0.4 is 10.1 Å². The molecule has 0 heterocycles. The van der Waals surface area contributed by atoms with Crippen LogP contribution in [0.3, 0.4) is 0 Å². The van der Waals surface area contributed by atoms with Crippen molar-refractivity contribution in [1.82, 2.24) is 5.32 Å². The Morgan fingerprint density at radius 3 is 2.50 bits per heavy atom. The fourth-order valence-corrected chi connectivity index (χ4v) is 1.85. The van der Waals surface area contributed by atoms with Crippen molar-refractivity contribution in [2.45, 2.75) is 38.6 Å². The quantitative estimate of drug-likeness (QED) is 0.834. The second-order valence-electron chi connectivity index (χ2n) is 4.07. The molecule has 1 atom stereocenters. The standard InChI is InChI=1S/C13H18F3NO/c1-3-4-8-11(17-2)10-7-5-6-9-12(10)18-13(14,15)16/h5-7,9,11,17H,3-4,8H2,1-2H3. The van der Waals surface area contributed by atoms with E-state index in [0.29, 0.717) is 5.56 Å². The van der Waals surface area contributed by atoms with E-state index in [1.165, 1.54) is 12.1 Å². The van der Waals surface area contributed by atoms with Gasteiger partial charge in [-0.15, -0.1) is 13.2 Å². The number of para-hydroxylation sites is 1. The van der Waals surface area contributed by atoms with E-state index in [9.17, 15) is 13.2 Å². The molecule has 0 aliphatic heterocycles. The minimum atomic E-state index is -4.65. The molecule has 0 aliphatic carbocycles. The van der Waals surface area contributed by atoms with Gasteiger partial charge in [0.2, 0.25) is 0 Å². The summed E-state index contributed by atoms with van der Waals surface area (Å²) in [6, 6.07) is 6.15. The van der Waals surface area contributed by atoms with Gasteiger partial charge in [-0.25, -0.2) is 0 Å². The topological polar surface area (TPSA) is 21.3 Å². The minimum Gasteiger partial charge on any atom is -0.405 e. The van der Waals surface area contributed by atoms with Gasteiger partial charge in [0.05, 0.1) is 0 Å². The van der Waals surface area contributed by atoms with Crippen LogP contribution in [0.2, 0.25) is 0 Å². The highest BCUT2D eigenvalue weighted by Crippen LogP contribution is 2.32. The summed E-state index contributed by atoms with van der Waals surface area (Å²) in [5.74, 6) is -0.125. The number of rotatable bonds is 6. The zero-order chi connectivity index (χ0) is 13.6. The molecule has 0 amide bonds. The molecule has 1 rings (SSSR count). The van der Waals surface area contributed by atoms with Crippen LogP contribution in [0.25, 0.3) is 0 Å². The van der Waals surface area contributed by atoms with Crippen molar-refractivity contribution in [2.75, 3.05) is 7.05 Å². The van der Waals surface area contributed by atoms with Crippen LogP contribution in [-0.2, 0) is 0 Å². The van der Waals surface area contributed by atoms with Crippen molar-refractivity contribution < 1.29 is 17.9 Å². The summed E-state index contributed by atoms with van der Waals surface area (Å²) in [7, 11) is 1.74. The Labute approximate surface area is 105 Å². The molecular weight excluding hydrogens is 243 g/mol. The summed E-state index contributed by atoms with van der Waals surface area (Å²) >= 11 is 0. The minimum absolute atomic E-state index is 0.122. The van der Waals surface area contributed by atoms with Gasteiger partial charge < -0.3 is 10.1 Å². The SMILES string of the molecule is CCCCC(NC)c1ccccc1OC(F)(F)F. The molecule has 0 radical (unpaired) electrons. The van der Waals surface area contributed by atoms with Gasteiger partial charge in [0.15, 0.2) is 0 Å². The highest BCUT2D eigenvalue weighted by Gasteiger charge is 2.32. The molecule has 1 N–H and O–H groups in total. The molecule has 0 fully saturated rings. The first-order chi connectivity index (χ1) is 8.48. The van der Waals surface area contributed by atoms with Crippen molar-refractivity contribution in [3.8, 4) is 5.75 Å². The monoisotopic (exact) mass is 261 g/mol. The van der Waals surface area contributed by atoms with Crippen molar-refractivity contribution in [3.63, 3.8) is 0 Å². The lowest BCUT2D eigenvalue weighted by molar-refractivity contribution is -0.275. The van der Waals surface area contributed by atoms with Crippen molar-refractivity contribution >= 4 is 0 Å². The summed E-state index contributed by atoms with van der Waals surface area (Å²) in [6.07, 6.45) is -1.92. The van der Waals surface area contributed by atoms with Gasteiger partial charge in [0.25, 0.3) is 0 Å². The first kappa shape index (κ1) is 14.8. The zero-order valence-electron chi connectivity index (χ0n) is 10.6. The predicted molar refractivity (Wildman–Crippen MR) is 64.5 cm³/mol. The van der Waals surface area contributed by atoms with Crippen LogP contribution >= 0.6 is 0 Å². The lowest BCUT2D eigenvalue weighted by atomic mass is 10.0. The molecular formula is C13H18F3NO. The number of ether oxygens (including phenoxy) is 1. The van der Waals surface area contributed by atoms with E-state index in [1.54, 1.807) is 19.2 Å². The summed E-state index contributed by atoms with van der Waals surface area (Å²) in [4.78, 5) is 0. The molecule has 0 aromatic heterocycles. The number of halogens is 3. The Bertz CT molecular complexity index is 365. The number of alkyl halides is 3. The van der Waals surface area contributed by atoms with Crippen LogP contribution in [0.1, 0.15) is 37.8 Å². The fraction of sp³-hybridized carbons (Fsp3) is 0.538. The molecule has 0 aliphatic rings. The van der Waals surface area contributed by atoms with E-state index in [1.807, 2.05) is 6.92 Å². The van der Waals surface area contributed by atoms with Gasteiger partial charge in [-0.1, -0.05) is 38.0 Å². The van der Waals surface area contributed by atoms with Crippen molar-refractivity contribution in [2.24, 2.45) is 0 Å². The summed E-state index contributed by atoms with van der Waals surface area (Å²) in [5.41, 5.74) is 0.547. The van der Waals surface area contributed by atoms with Crippen molar-refractivity contribution in [3.05, 3.63) is 29.8 Å². The molecule has 0 bridgehead atoms. The Hall–Kier alpha value is -1.23. The van der Waals surface area contributed by atoms with Gasteiger partial charge in [0, 0.05) is 11.6 Å². The highest BCUT2D eigenvalue weighted by atomic mass is 19.4. The van der Waals surface area contributed by atoms with E-state index in [2.05, 4.69) is 10.1 Å². The normalized spacial score (nSPS) is 13.4. The third-order valence-electron chi connectivity index (χ3n) is 2.71. The van der Waals surface area contributed by atoms with Crippen LogP contribution in [-0.4, -0.2) is 13.4 Å². The Balaban J connectivity index is 2.91. The second-order valence-corrected chi connectivity index (χ2v) is 4.07. The highest BCUT2D eigenvalue weighted by molar-refractivity contribution is 5.36. The van der Waals surface area contributed by atoms with E-state index < -0.39 is 6.36 Å². The summed E-state index contributed by atoms with van der Waals surface area (Å²) in [5, 5.41) is 3.03. The molecule has 18 heavy (non-hydrogen) atoms. The maximum absolute atomic E-state index is 12.3. The van der Waals surface area contributed by atoms with Gasteiger partial charge in [-0.3, -0.25) is 0 Å². The van der Waals surface area contributed by atoms with Gasteiger partial charge >= 0.3 is 6.36 Å². The number of hydrogen-bond acceptors (Lipinski definition) is 2. The van der Waals surface area contributed by atoms with Crippen molar-refractivity contribution in [1.29, 1.82) is 0 Å². The molecule has 1 aromatic carbocycles. The largest absolute Gasteiger partial charge is 0.573 e. The second kappa shape index (κ2) is 6.64. The molecule has 0 spiro atoms. The summed E-state index contributed by atoms with van der Waals surface area (Å²) in [6.45, 7) is 2.05. The van der Waals surface area contributed by atoms with Crippen LogP contribution in [0, 0.1) is 0 Å². The van der Waals surface area contributed by atoms with E-state index >= 15 is 0 Å². The fourth-order valence-electron chi connectivity index (χ4n) is 1.85. The predicted octanol–water partition coefficient (Wildman–Crippen LogP) is 4.04. The lowest BCUT2D eigenvalue weighted by Gasteiger charge is -2.20. The van der Waals surface area contributed by atoms with Gasteiger partial charge in [-0.2, -0.15) is 0 Å². The van der Waals surface area contributed by atoms with Gasteiger partial charge in [-0.05, 0) is 19.5 Å². The maximum atomic E-state index is 12.3. The van der Waals surface area contributed by atoms with Crippen LogP contribution in [0.15, 0.2) is 24.3 Å². The van der Waals surface area contributed by atoms with E-state index in [0.717, 1.165) is 19.3 Å². The van der Waals surface area contributed by atoms with Gasteiger partial charge in [0.1, 0.15) is 5.75 Å². The number of unbranched alkanes of at least 4 members (excludes halogenated alkanes) is 1. The molecule has 2 nitrogen and oxygen atoms in total. The zero-order valence-corrected chi connectivity index (χ0v) is 10.6. The lowest BCUT2D eigenvalue weighted by Crippen LogP contribution is -2.22. The third kappa shape index (κ3) is 4.56.